The number of nitrogens with zero attached hydrogens (tertiary/aromatic N) is 4. The summed E-state index contributed by atoms with van der Waals surface area (Å²) in [7, 11) is 0. The van der Waals surface area contributed by atoms with Gasteiger partial charge >= 0.3 is 11.9 Å². The van der Waals surface area contributed by atoms with Gasteiger partial charge in [0.15, 0.2) is 6.23 Å². The summed E-state index contributed by atoms with van der Waals surface area (Å²) in [6.07, 6.45) is 9.27. The molecule has 9 heteroatoms. The summed E-state index contributed by atoms with van der Waals surface area (Å²) in [6.45, 7) is 1.14. The maximum Gasteiger partial charge on any atom is 0.342 e. The van der Waals surface area contributed by atoms with Gasteiger partial charge < -0.3 is 14.2 Å². The van der Waals surface area contributed by atoms with E-state index in [1.54, 1.807) is 41.3 Å². The van der Waals surface area contributed by atoms with Crippen molar-refractivity contribution in [2.24, 2.45) is 0 Å². The number of aromatic nitrogens is 4. The molecule has 0 spiro atoms. The summed E-state index contributed by atoms with van der Waals surface area (Å²) in [5.41, 5.74) is 2.41. The summed E-state index contributed by atoms with van der Waals surface area (Å²) in [6, 6.07) is 10.7. The Labute approximate surface area is 201 Å². The molecule has 9 nitrogen and oxygen atoms in total. The summed E-state index contributed by atoms with van der Waals surface area (Å²) in [5, 5.41) is 10.8. The van der Waals surface area contributed by atoms with Crippen molar-refractivity contribution in [3.05, 3.63) is 59.9 Å². The highest BCUT2D eigenvalue weighted by atomic mass is 16.7. The lowest BCUT2D eigenvalue weighted by molar-refractivity contribution is -0.284. The predicted octanol–water partition coefficient (Wildman–Crippen LogP) is 4.57. The normalized spacial score (nSPS) is 22.9. The Morgan fingerprint density at radius 3 is 2.63 bits per heavy atom. The third-order valence-corrected chi connectivity index (χ3v) is 6.78. The topological polar surface area (TPSA) is 97.5 Å². The number of benzene rings is 2. The van der Waals surface area contributed by atoms with E-state index < -0.39 is 11.9 Å². The highest BCUT2D eigenvalue weighted by Gasteiger charge is 2.42. The summed E-state index contributed by atoms with van der Waals surface area (Å²) < 4.78 is 21.5. The smallest absolute Gasteiger partial charge is 0.342 e. The number of fused-ring (bicyclic) bond motifs is 2. The zero-order valence-electron chi connectivity index (χ0n) is 19.3. The van der Waals surface area contributed by atoms with Crippen LogP contribution in [0.1, 0.15) is 65.5 Å². The van der Waals surface area contributed by atoms with Crippen LogP contribution in [0, 0.1) is 0 Å². The largest absolute Gasteiger partial charge is 0.408 e. The SMILES string of the molecule is O=Cc1ccc2cnn([C@]3(OC(=O)c4ccc5cnn([C@@H]6CCCCO6)c5c4)CCCCO3)c2c1. The molecule has 2 aliphatic heterocycles. The Hall–Kier alpha value is -3.56. The minimum atomic E-state index is -1.39. The Morgan fingerprint density at radius 2 is 1.83 bits per heavy atom. The molecule has 0 amide bonds. The molecule has 2 atom stereocenters. The Balaban J connectivity index is 1.36. The zero-order chi connectivity index (χ0) is 23.8. The van der Waals surface area contributed by atoms with Gasteiger partial charge in [-0.3, -0.25) is 4.79 Å². The highest BCUT2D eigenvalue weighted by Crippen LogP contribution is 2.35. The molecule has 2 saturated heterocycles. The van der Waals surface area contributed by atoms with Crippen LogP contribution in [-0.4, -0.2) is 45.0 Å². The minimum absolute atomic E-state index is 0.136. The number of hydrogen-bond acceptors (Lipinski definition) is 7. The lowest BCUT2D eigenvalue weighted by Crippen LogP contribution is -2.44. The average molecular weight is 475 g/mol. The molecule has 6 rings (SSSR count). The molecule has 180 valence electrons. The molecule has 0 N–H and O–H groups in total. The fraction of sp³-hybridized carbons (Fsp3) is 0.385. The fourth-order valence-electron chi connectivity index (χ4n) is 4.94. The minimum Gasteiger partial charge on any atom is -0.408 e. The lowest BCUT2D eigenvalue weighted by Gasteiger charge is -2.36. The van der Waals surface area contributed by atoms with E-state index in [0.29, 0.717) is 36.3 Å². The van der Waals surface area contributed by atoms with Gasteiger partial charge in [-0.15, -0.1) is 0 Å². The molecular formula is C26H26N4O5. The Morgan fingerprint density at radius 1 is 1.00 bits per heavy atom. The van der Waals surface area contributed by atoms with E-state index in [1.165, 1.54) is 0 Å². The second-order valence-electron chi connectivity index (χ2n) is 9.08. The van der Waals surface area contributed by atoms with Crippen molar-refractivity contribution in [3.8, 4) is 0 Å². The van der Waals surface area contributed by atoms with Gasteiger partial charge in [0.25, 0.3) is 0 Å². The Kier molecular flexibility index (Phi) is 5.58. The van der Waals surface area contributed by atoms with Crippen LogP contribution in [0.15, 0.2) is 48.8 Å². The summed E-state index contributed by atoms with van der Waals surface area (Å²) in [5.74, 6) is -1.90. The molecule has 4 heterocycles. The second kappa shape index (κ2) is 8.90. The molecule has 4 aromatic rings. The van der Waals surface area contributed by atoms with Crippen LogP contribution in [0.4, 0.5) is 0 Å². The second-order valence-corrected chi connectivity index (χ2v) is 9.08. The molecule has 2 aromatic heterocycles. The van der Waals surface area contributed by atoms with Crippen molar-refractivity contribution >= 4 is 34.1 Å². The van der Waals surface area contributed by atoms with E-state index in [0.717, 1.165) is 54.7 Å². The molecule has 0 radical (unpaired) electrons. The number of aldehydes is 1. The molecule has 2 fully saturated rings. The van der Waals surface area contributed by atoms with E-state index in [4.69, 9.17) is 14.2 Å². The predicted molar refractivity (Wildman–Crippen MR) is 127 cm³/mol. The van der Waals surface area contributed by atoms with Crippen LogP contribution in [-0.2, 0) is 20.1 Å². The van der Waals surface area contributed by atoms with Crippen molar-refractivity contribution in [3.63, 3.8) is 0 Å². The van der Waals surface area contributed by atoms with Gasteiger partial charge in [0, 0.05) is 29.4 Å². The van der Waals surface area contributed by atoms with Gasteiger partial charge in [-0.05, 0) is 50.3 Å². The van der Waals surface area contributed by atoms with Crippen molar-refractivity contribution in [1.82, 2.24) is 19.6 Å². The van der Waals surface area contributed by atoms with E-state index in [9.17, 15) is 9.59 Å². The molecule has 35 heavy (non-hydrogen) atoms. The van der Waals surface area contributed by atoms with E-state index in [1.807, 2.05) is 16.8 Å². The quantitative estimate of drug-likeness (QED) is 0.309. The van der Waals surface area contributed by atoms with Gasteiger partial charge in [-0.1, -0.05) is 18.2 Å². The van der Waals surface area contributed by atoms with Gasteiger partial charge in [-0.2, -0.15) is 14.9 Å². The van der Waals surface area contributed by atoms with Gasteiger partial charge in [0.1, 0.15) is 6.29 Å². The van der Waals surface area contributed by atoms with Crippen LogP contribution < -0.4 is 0 Å². The third kappa shape index (κ3) is 3.90. The maximum atomic E-state index is 13.5. The standard InChI is InChI=1S/C26H26N4O5/c31-17-18-6-7-21-16-28-30(23(21)13-18)26(10-2-4-12-34-26)35-25(32)19-8-9-20-15-27-29(22(20)14-19)24-5-1-3-11-33-24/h6-9,13-17,24H,1-5,10-12H2/t24-,26+/m0/s1. The number of esters is 1. The average Bonchev–Trinajstić information content (AvgIpc) is 3.53. The van der Waals surface area contributed by atoms with Crippen molar-refractivity contribution in [1.29, 1.82) is 0 Å². The van der Waals surface area contributed by atoms with Crippen LogP contribution in [0.2, 0.25) is 0 Å². The Bertz CT molecular complexity index is 1400. The lowest BCUT2D eigenvalue weighted by atomic mass is 10.1. The third-order valence-electron chi connectivity index (χ3n) is 6.78. The highest BCUT2D eigenvalue weighted by molar-refractivity contribution is 5.94. The first kappa shape index (κ1) is 21.9. The van der Waals surface area contributed by atoms with Gasteiger partial charge in [0.05, 0.1) is 35.6 Å². The molecular weight excluding hydrogens is 448 g/mol. The molecule has 0 unspecified atom stereocenters. The molecule has 0 saturated carbocycles. The van der Waals surface area contributed by atoms with Crippen LogP contribution >= 0.6 is 0 Å². The zero-order valence-corrected chi connectivity index (χ0v) is 19.3. The molecule has 2 aromatic carbocycles. The molecule has 0 aliphatic carbocycles. The molecule has 2 aliphatic rings. The number of rotatable bonds is 5. The van der Waals surface area contributed by atoms with Crippen LogP contribution in [0.5, 0.6) is 0 Å². The monoisotopic (exact) mass is 474 g/mol. The van der Waals surface area contributed by atoms with Gasteiger partial charge in [0.2, 0.25) is 0 Å². The number of hydrogen-bond donors (Lipinski definition) is 0. The van der Waals surface area contributed by atoms with Gasteiger partial charge in [-0.25, -0.2) is 9.48 Å². The van der Waals surface area contributed by atoms with Crippen LogP contribution in [0.25, 0.3) is 21.8 Å². The molecule has 0 bridgehead atoms. The van der Waals surface area contributed by atoms with E-state index in [2.05, 4.69) is 10.2 Å². The van der Waals surface area contributed by atoms with E-state index in [-0.39, 0.29) is 6.23 Å². The van der Waals surface area contributed by atoms with Crippen molar-refractivity contribution in [2.45, 2.75) is 50.7 Å². The first-order valence-electron chi connectivity index (χ1n) is 12.1. The maximum absolute atomic E-state index is 13.5. The van der Waals surface area contributed by atoms with Crippen molar-refractivity contribution in [2.75, 3.05) is 13.2 Å². The number of carbonyl (C=O) groups is 2. The first-order valence-corrected chi connectivity index (χ1v) is 12.1. The van der Waals surface area contributed by atoms with E-state index >= 15 is 0 Å². The van der Waals surface area contributed by atoms with Crippen molar-refractivity contribution < 1.29 is 23.8 Å². The first-order chi connectivity index (χ1) is 17.2. The fourth-order valence-corrected chi connectivity index (χ4v) is 4.94. The number of carbonyl (C=O) groups excluding carboxylic acids is 2. The number of ether oxygens (including phenoxy) is 3. The summed E-state index contributed by atoms with van der Waals surface area (Å²) >= 11 is 0. The summed E-state index contributed by atoms with van der Waals surface area (Å²) in [4.78, 5) is 24.8. The van der Waals surface area contributed by atoms with Crippen LogP contribution in [0.3, 0.4) is 0 Å².